The number of nitrogens with one attached hydrogen (secondary N) is 1. The van der Waals surface area contributed by atoms with Crippen molar-refractivity contribution in [3.63, 3.8) is 0 Å². The van der Waals surface area contributed by atoms with Crippen LogP contribution in [0.25, 0.3) is 0 Å². The number of likely N-dealkylation sites (tertiary alicyclic amines) is 1. The Kier molecular flexibility index (Phi) is 5.60. The number of benzene rings is 1. The van der Waals surface area contributed by atoms with E-state index in [0.29, 0.717) is 23.6 Å². The van der Waals surface area contributed by atoms with Crippen LogP contribution >= 0.6 is 11.6 Å². The first-order valence-electron chi connectivity index (χ1n) is 7.38. The van der Waals surface area contributed by atoms with Gasteiger partial charge in [0.15, 0.2) is 0 Å². The third-order valence-corrected chi connectivity index (χ3v) is 4.25. The molecule has 2 N–H and O–H groups in total. The van der Waals surface area contributed by atoms with Crippen molar-refractivity contribution in [2.75, 3.05) is 13.6 Å². The topological polar surface area (TPSA) is 86.7 Å². The number of carbonyl (C=O) groups is 3. The number of nitrogens with zero attached hydrogens (tertiary/aromatic N) is 1. The summed E-state index contributed by atoms with van der Waals surface area (Å²) in [5.74, 6) is -1.78. The highest BCUT2D eigenvalue weighted by atomic mass is 35.5. The van der Waals surface area contributed by atoms with E-state index >= 15 is 0 Å². The fourth-order valence-corrected chi connectivity index (χ4v) is 2.70. The monoisotopic (exact) mass is 338 g/mol. The minimum absolute atomic E-state index is 0.0716. The maximum absolute atomic E-state index is 12.4. The van der Waals surface area contributed by atoms with Gasteiger partial charge in [-0.1, -0.05) is 23.7 Å². The predicted octanol–water partition coefficient (Wildman–Crippen LogP) is 1.84. The highest BCUT2D eigenvalue weighted by molar-refractivity contribution is 6.30. The number of carboxylic acid groups (broad SMARTS) is 1. The average Bonchev–Trinajstić information content (AvgIpc) is 2.49. The van der Waals surface area contributed by atoms with Crippen molar-refractivity contribution in [2.45, 2.75) is 25.3 Å². The largest absolute Gasteiger partial charge is 0.481 e. The zero-order valence-electron chi connectivity index (χ0n) is 12.8. The number of piperidine rings is 1. The number of hydrogen-bond donors (Lipinski definition) is 2. The first-order valence-corrected chi connectivity index (χ1v) is 7.76. The van der Waals surface area contributed by atoms with Gasteiger partial charge >= 0.3 is 5.97 Å². The number of halogens is 1. The molecule has 0 radical (unpaired) electrons. The number of carbonyl (C=O) groups excluding carboxylic acids is 2. The molecule has 124 valence electrons. The molecular weight excluding hydrogens is 320 g/mol. The summed E-state index contributed by atoms with van der Waals surface area (Å²) in [5.41, 5.74) is 0.671. The normalized spacial score (nSPS) is 19.3. The molecule has 2 atom stereocenters. The smallest absolute Gasteiger partial charge is 0.305 e. The molecule has 0 spiro atoms. The second-order valence-electron chi connectivity index (χ2n) is 5.72. The molecule has 0 saturated carbocycles. The third kappa shape index (κ3) is 4.69. The Morgan fingerprint density at radius 1 is 1.39 bits per heavy atom. The van der Waals surface area contributed by atoms with Crippen LogP contribution in [0.5, 0.6) is 0 Å². The fourth-order valence-electron chi connectivity index (χ4n) is 2.58. The van der Waals surface area contributed by atoms with Gasteiger partial charge in [0.2, 0.25) is 11.8 Å². The Hall–Kier alpha value is -2.08. The first-order chi connectivity index (χ1) is 10.9. The molecule has 23 heavy (non-hydrogen) atoms. The van der Waals surface area contributed by atoms with Crippen molar-refractivity contribution < 1.29 is 19.5 Å². The van der Waals surface area contributed by atoms with E-state index in [-0.39, 0.29) is 24.7 Å². The van der Waals surface area contributed by atoms with Crippen LogP contribution < -0.4 is 5.32 Å². The van der Waals surface area contributed by atoms with Gasteiger partial charge in [0.25, 0.3) is 0 Å². The van der Waals surface area contributed by atoms with E-state index in [4.69, 9.17) is 16.7 Å². The van der Waals surface area contributed by atoms with Crippen LogP contribution in [0, 0.1) is 5.92 Å². The number of rotatable bonds is 5. The van der Waals surface area contributed by atoms with E-state index in [1.165, 1.54) is 0 Å². The molecule has 0 aliphatic carbocycles. The molecule has 2 amide bonds. The van der Waals surface area contributed by atoms with Crippen LogP contribution in [0.3, 0.4) is 0 Å². The summed E-state index contributed by atoms with van der Waals surface area (Å²) >= 11 is 5.83. The molecule has 0 aromatic heterocycles. The Morgan fingerprint density at radius 3 is 2.61 bits per heavy atom. The van der Waals surface area contributed by atoms with E-state index in [0.717, 1.165) is 0 Å². The molecule has 1 unspecified atom stereocenters. The van der Waals surface area contributed by atoms with E-state index in [1.807, 2.05) is 0 Å². The SMILES string of the molecule is CN1CCC(C(=O)N[C@@H](CC(=O)O)c2ccc(Cl)cc2)CC1=O. The van der Waals surface area contributed by atoms with Gasteiger partial charge in [0.1, 0.15) is 0 Å². The zero-order chi connectivity index (χ0) is 17.0. The lowest BCUT2D eigenvalue weighted by atomic mass is 9.94. The second-order valence-corrected chi connectivity index (χ2v) is 6.15. The molecule has 2 rings (SSSR count). The average molecular weight is 339 g/mol. The van der Waals surface area contributed by atoms with E-state index in [2.05, 4.69) is 5.32 Å². The van der Waals surface area contributed by atoms with Gasteiger partial charge in [-0.15, -0.1) is 0 Å². The minimum Gasteiger partial charge on any atom is -0.481 e. The fraction of sp³-hybridized carbons (Fsp3) is 0.438. The Bertz CT molecular complexity index is 603. The van der Waals surface area contributed by atoms with Gasteiger partial charge in [-0.05, 0) is 24.1 Å². The van der Waals surface area contributed by atoms with E-state index in [1.54, 1.807) is 36.2 Å². The summed E-state index contributed by atoms with van der Waals surface area (Å²) in [6.07, 6.45) is 0.505. The molecule has 7 heteroatoms. The lowest BCUT2D eigenvalue weighted by Crippen LogP contribution is -2.43. The van der Waals surface area contributed by atoms with Gasteiger partial charge < -0.3 is 15.3 Å². The molecule has 1 aliphatic heterocycles. The van der Waals surface area contributed by atoms with E-state index < -0.39 is 17.9 Å². The molecule has 1 heterocycles. The van der Waals surface area contributed by atoms with Gasteiger partial charge in [-0.2, -0.15) is 0 Å². The Labute approximate surface area is 139 Å². The van der Waals surface area contributed by atoms with Crippen LogP contribution in [0.2, 0.25) is 5.02 Å². The summed E-state index contributed by atoms with van der Waals surface area (Å²) in [4.78, 5) is 36.8. The summed E-state index contributed by atoms with van der Waals surface area (Å²) in [7, 11) is 1.71. The number of hydrogen-bond acceptors (Lipinski definition) is 3. The highest BCUT2D eigenvalue weighted by Crippen LogP contribution is 2.23. The van der Waals surface area contributed by atoms with Crippen LogP contribution in [0.1, 0.15) is 30.9 Å². The first kappa shape index (κ1) is 17.3. The van der Waals surface area contributed by atoms with E-state index in [9.17, 15) is 14.4 Å². The van der Waals surface area contributed by atoms with Gasteiger partial charge in [0.05, 0.1) is 12.5 Å². The Morgan fingerprint density at radius 2 is 2.04 bits per heavy atom. The zero-order valence-corrected chi connectivity index (χ0v) is 13.5. The standard InChI is InChI=1S/C16H19ClN2O4/c1-19-7-6-11(8-14(19)20)16(23)18-13(9-15(21)22)10-2-4-12(17)5-3-10/h2-5,11,13H,6-9H2,1H3,(H,18,23)(H,21,22)/t11?,13-/m0/s1. The quantitative estimate of drug-likeness (QED) is 0.857. The van der Waals surface area contributed by atoms with Gasteiger partial charge in [-0.3, -0.25) is 14.4 Å². The lowest BCUT2D eigenvalue weighted by Gasteiger charge is -2.29. The van der Waals surface area contributed by atoms with Crippen molar-refractivity contribution in [3.05, 3.63) is 34.9 Å². The van der Waals surface area contributed by atoms with Crippen molar-refractivity contribution in [2.24, 2.45) is 5.92 Å². The molecule has 1 aromatic rings. The minimum atomic E-state index is -1.01. The second kappa shape index (κ2) is 7.46. The van der Waals surface area contributed by atoms with Crippen LogP contribution in [0.4, 0.5) is 0 Å². The van der Waals surface area contributed by atoms with Gasteiger partial charge in [-0.25, -0.2) is 0 Å². The number of amides is 2. The van der Waals surface area contributed by atoms with Gasteiger partial charge in [0, 0.05) is 31.0 Å². The lowest BCUT2D eigenvalue weighted by molar-refractivity contribution is -0.140. The molecule has 1 saturated heterocycles. The molecule has 0 bridgehead atoms. The molecule has 1 fully saturated rings. The molecule has 1 aliphatic rings. The van der Waals surface area contributed by atoms with Crippen LogP contribution in [0.15, 0.2) is 24.3 Å². The van der Waals surface area contributed by atoms with Crippen LogP contribution in [-0.2, 0) is 14.4 Å². The third-order valence-electron chi connectivity index (χ3n) is 4.00. The summed E-state index contributed by atoms with van der Waals surface area (Å²) < 4.78 is 0. The predicted molar refractivity (Wildman–Crippen MR) is 84.9 cm³/mol. The highest BCUT2D eigenvalue weighted by Gasteiger charge is 2.30. The van der Waals surface area contributed by atoms with Crippen molar-refractivity contribution in [3.8, 4) is 0 Å². The number of carboxylic acids is 1. The Balaban J connectivity index is 2.08. The summed E-state index contributed by atoms with van der Waals surface area (Å²) in [5, 5.41) is 12.4. The number of aliphatic carboxylic acids is 1. The maximum atomic E-state index is 12.4. The van der Waals surface area contributed by atoms with Crippen molar-refractivity contribution >= 4 is 29.4 Å². The summed E-state index contributed by atoms with van der Waals surface area (Å²) in [6.45, 7) is 0.529. The van der Waals surface area contributed by atoms with Crippen molar-refractivity contribution in [1.82, 2.24) is 10.2 Å². The maximum Gasteiger partial charge on any atom is 0.305 e. The molecular formula is C16H19ClN2O4. The van der Waals surface area contributed by atoms with Crippen LogP contribution in [-0.4, -0.2) is 41.4 Å². The molecule has 6 nitrogen and oxygen atoms in total. The van der Waals surface area contributed by atoms with Crippen molar-refractivity contribution in [1.29, 1.82) is 0 Å². The molecule has 1 aromatic carbocycles. The summed E-state index contributed by atoms with van der Waals surface area (Å²) in [6, 6.07) is 6.03.